The maximum Gasteiger partial charge on any atom is 0.356 e. The van der Waals surface area contributed by atoms with Crippen LogP contribution in [0.3, 0.4) is 0 Å². The van der Waals surface area contributed by atoms with Crippen molar-refractivity contribution in [3.63, 3.8) is 0 Å². The van der Waals surface area contributed by atoms with Gasteiger partial charge < -0.3 is 10.0 Å². The molecule has 16 heavy (non-hydrogen) atoms. The van der Waals surface area contributed by atoms with Crippen molar-refractivity contribution in [2.45, 2.75) is 6.42 Å². The van der Waals surface area contributed by atoms with E-state index in [1.807, 2.05) is 11.8 Å². The molecule has 86 valence electrons. The van der Waals surface area contributed by atoms with Gasteiger partial charge in [-0.15, -0.1) is 0 Å². The Morgan fingerprint density at radius 2 is 2.19 bits per heavy atom. The molecule has 0 bridgehead atoms. The Bertz CT molecular complexity index is 361. The molecule has 0 amide bonds. The second-order valence-electron chi connectivity index (χ2n) is 3.52. The normalized spacial score (nSPS) is 16.9. The molecule has 1 aromatic heterocycles. The maximum absolute atomic E-state index is 10.6. The van der Waals surface area contributed by atoms with Gasteiger partial charge in [-0.25, -0.2) is 14.8 Å². The van der Waals surface area contributed by atoms with Crippen LogP contribution in [0, 0.1) is 0 Å². The quantitative estimate of drug-likeness (QED) is 0.834. The van der Waals surface area contributed by atoms with Gasteiger partial charge in [0.05, 0.1) is 12.4 Å². The van der Waals surface area contributed by atoms with Crippen LogP contribution in [0.1, 0.15) is 16.9 Å². The summed E-state index contributed by atoms with van der Waals surface area (Å²) in [6.45, 7) is 1.92. The van der Waals surface area contributed by atoms with Crippen molar-refractivity contribution in [3.05, 3.63) is 18.1 Å². The SMILES string of the molecule is O=C(O)c1cnc(N2CCCSCC2)cn1. The van der Waals surface area contributed by atoms with E-state index in [2.05, 4.69) is 14.9 Å². The van der Waals surface area contributed by atoms with Gasteiger partial charge >= 0.3 is 5.97 Å². The van der Waals surface area contributed by atoms with Crippen molar-refractivity contribution in [2.24, 2.45) is 0 Å². The predicted molar refractivity (Wildman–Crippen MR) is 63.1 cm³/mol. The molecular weight excluding hydrogens is 226 g/mol. The van der Waals surface area contributed by atoms with Gasteiger partial charge in [-0.3, -0.25) is 0 Å². The van der Waals surface area contributed by atoms with E-state index in [0.29, 0.717) is 0 Å². The molecule has 1 N–H and O–H groups in total. The number of aromatic carboxylic acids is 1. The van der Waals surface area contributed by atoms with E-state index in [4.69, 9.17) is 5.11 Å². The molecule has 0 radical (unpaired) electrons. The third-order valence-electron chi connectivity index (χ3n) is 2.40. The lowest BCUT2D eigenvalue weighted by atomic mass is 10.4. The number of nitrogens with zero attached hydrogens (tertiary/aromatic N) is 3. The molecule has 5 nitrogen and oxygen atoms in total. The topological polar surface area (TPSA) is 66.3 Å². The summed E-state index contributed by atoms with van der Waals surface area (Å²) in [5.74, 6) is 2.00. The van der Waals surface area contributed by atoms with Crippen LogP contribution >= 0.6 is 11.8 Å². The number of hydrogen-bond donors (Lipinski definition) is 1. The number of thioether (sulfide) groups is 1. The summed E-state index contributed by atoms with van der Waals surface area (Å²) in [5, 5.41) is 8.71. The van der Waals surface area contributed by atoms with E-state index < -0.39 is 5.97 Å². The average Bonchev–Trinajstić information content (AvgIpc) is 2.57. The first-order valence-corrected chi connectivity index (χ1v) is 6.31. The number of carboxylic acids is 1. The van der Waals surface area contributed by atoms with Crippen LogP contribution in [0.2, 0.25) is 0 Å². The highest BCUT2D eigenvalue weighted by Crippen LogP contribution is 2.15. The first kappa shape index (κ1) is 11.2. The zero-order chi connectivity index (χ0) is 11.4. The van der Waals surface area contributed by atoms with E-state index in [-0.39, 0.29) is 5.69 Å². The molecule has 1 aliphatic rings. The van der Waals surface area contributed by atoms with Crippen molar-refractivity contribution < 1.29 is 9.90 Å². The second-order valence-corrected chi connectivity index (χ2v) is 4.74. The molecule has 1 saturated heterocycles. The van der Waals surface area contributed by atoms with Crippen molar-refractivity contribution in [2.75, 3.05) is 29.5 Å². The highest BCUT2D eigenvalue weighted by molar-refractivity contribution is 7.99. The summed E-state index contributed by atoms with van der Waals surface area (Å²) in [4.78, 5) is 20.8. The zero-order valence-electron chi connectivity index (χ0n) is 8.80. The Balaban J connectivity index is 2.10. The molecule has 2 rings (SSSR count). The fourth-order valence-electron chi connectivity index (χ4n) is 1.57. The molecule has 0 unspecified atom stereocenters. The lowest BCUT2D eigenvalue weighted by Crippen LogP contribution is -2.26. The van der Waals surface area contributed by atoms with Crippen LogP contribution in [0.4, 0.5) is 5.82 Å². The lowest BCUT2D eigenvalue weighted by molar-refractivity contribution is 0.0690. The van der Waals surface area contributed by atoms with E-state index in [1.54, 1.807) is 6.20 Å². The molecule has 2 heterocycles. The summed E-state index contributed by atoms with van der Waals surface area (Å²) in [7, 11) is 0. The van der Waals surface area contributed by atoms with Crippen LogP contribution in [-0.4, -0.2) is 45.6 Å². The first-order chi connectivity index (χ1) is 7.77. The molecule has 6 heteroatoms. The van der Waals surface area contributed by atoms with Crippen molar-refractivity contribution in [1.29, 1.82) is 0 Å². The van der Waals surface area contributed by atoms with Gasteiger partial charge in [0.2, 0.25) is 0 Å². The number of carboxylic acid groups (broad SMARTS) is 1. The standard InChI is InChI=1S/C10H13N3O2S/c14-10(15)8-6-12-9(7-11-8)13-2-1-4-16-5-3-13/h6-7H,1-5H2,(H,14,15). The molecule has 1 fully saturated rings. The Hall–Kier alpha value is -1.30. The number of hydrogen-bond acceptors (Lipinski definition) is 5. The molecule has 0 aliphatic carbocycles. The fourth-order valence-corrected chi connectivity index (χ4v) is 2.46. The number of rotatable bonds is 2. The van der Waals surface area contributed by atoms with Gasteiger partial charge in [-0.2, -0.15) is 11.8 Å². The predicted octanol–water partition coefficient (Wildman–Crippen LogP) is 1.12. The monoisotopic (exact) mass is 239 g/mol. The van der Waals surface area contributed by atoms with E-state index in [9.17, 15) is 4.79 Å². The van der Waals surface area contributed by atoms with Gasteiger partial charge in [0.25, 0.3) is 0 Å². The minimum Gasteiger partial charge on any atom is -0.476 e. The molecular formula is C10H13N3O2S. The smallest absolute Gasteiger partial charge is 0.356 e. The summed E-state index contributed by atoms with van der Waals surface area (Å²) >= 11 is 1.94. The molecule has 1 aliphatic heterocycles. The molecule has 0 aromatic carbocycles. The van der Waals surface area contributed by atoms with Gasteiger partial charge in [0.15, 0.2) is 5.69 Å². The first-order valence-electron chi connectivity index (χ1n) is 5.15. The number of carbonyl (C=O) groups is 1. The summed E-state index contributed by atoms with van der Waals surface area (Å²) in [6, 6.07) is 0. The summed E-state index contributed by atoms with van der Waals surface area (Å²) in [5.41, 5.74) is -0.00653. The maximum atomic E-state index is 10.6. The van der Waals surface area contributed by atoms with Crippen LogP contribution in [0.25, 0.3) is 0 Å². The van der Waals surface area contributed by atoms with Crippen LogP contribution in [0.15, 0.2) is 12.4 Å². The lowest BCUT2D eigenvalue weighted by Gasteiger charge is -2.20. The van der Waals surface area contributed by atoms with Crippen LogP contribution < -0.4 is 4.90 Å². The van der Waals surface area contributed by atoms with Gasteiger partial charge in [0.1, 0.15) is 5.82 Å². The van der Waals surface area contributed by atoms with Gasteiger partial charge in [-0.1, -0.05) is 0 Å². The Labute approximate surface area is 97.9 Å². The molecule has 0 saturated carbocycles. The summed E-state index contributed by atoms with van der Waals surface area (Å²) < 4.78 is 0. The minimum atomic E-state index is -1.04. The highest BCUT2D eigenvalue weighted by atomic mass is 32.2. The fraction of sp³-hybridized carbons (Fsp3) is 0.500. The van der Waals surface area contributed by atoms with E-state index in [0.717, 1.165) is 31.1 Å². The highest BCUT2D eigenvalue weighted by Gasteiger charge is 2.12. The van der Waals surface area contributed by atoms with Crippen molar-refractivity contribution in [1.82, 2.24) is 9.97 Å². The molecule has 0 atom stereocenters. The van der Waals surface area contributed by atoms with Crippen molar-refractivity contribution in [3.8, 4) is 0 Å². The van der Waals surface area contributed by atoms with Crippen LogP contribution in [0.5, 0.6) is 0 Å². The van der Waals surface area contributed by atoms with E-state index in [1.165, 1.54) is 11.9 Å². The Morgan fingerprint density at radius 3 is 2.88 bits per heavy atom. The third kappa shape index (κ3) is 2.63. The second kappa shape index (κ2) is 5.16. The summed E-state index contributed by atoms with van der Waals surface area (Å²) in [6.07, 6.45) is 3.99. The third-order valence-corrected chi connectivity index (χ3v) is 3.45. The molecule has 0 spiro atoms. The Kier molecular flexibility index (Phi) is 3.61. The van der Waals surface area contributed by atoms with Crippen molar-refractivity contribution >= 4 is 23.5 Å². The number of aromatic nitrogens is 2. The number of anilines is 1. The van der Waals surface area contributed by atoms with Gasteiger partial charge in [0, 0.05) is 18.8 Å². The van der Waals surface area contributed by atoms with Gasteiger partial charge in [-0.05, 0) is 12.2 Å². The zero-order valence-corrected chi connectivity index (χ0v) is 9.61. The largest absolute Gasteiger partial charge is 0.476 e. The molecule has 1 aromatic rings. The average molecular weight is 239 g/mol. The Morgan fingerprint density at radius 1 is 1.31 bits per heavy atom. The van der Waals surface area contributed by atoms with E-state index >= 15 is 0 Å². The van der Waals surface area contributed by atoms with Crippen LogP contribution in [-0.2, 0) is 0 Å². The minimum absolute atomic E-state index is 0.00653.